The predicted molar refractivity (Wildman–Crippen MR) is 82.0 cm³/mol. The zero-order valence-electron chi connectivity index (χ0n) is 10.2. The third kappa shape index (κ3) is 2.15. The number of nitrogens with two attached hydrogens (primary N) is 1. The van der Waals surface area contributed by atoms with Crippen LogP contribution >= 0.6 is 35.3 Å². The maximum Gasteiger partial charge on any atom is 0.0445 e. The van der Waals surface area contributed by atoms with Crippen molar-refractivity contribution in [2.75, 3.05) is 13.6 Å². The van der Waals surface area contributed by atoms with Crippen LogP contribution in [0.5, 0.6) is 0 Å². The van der Waals surface area contributed by atoms with Crippen LogP contribution in [-0.2, 0) is 19.5 Å². The molecule has 2 heterocycles. The fourth-order valence-corrected chi connectivity index (χ4v) is 3.95. The summed E-state index contributed by atoms with van der Waals surface area (Å²) >= 11 is 8.15. The smallest absolute Gasteiger partial charge is 0.0445 e. The Labute approximate surface area is 122 Å². The quantitative estimate of drug-likeness (QED) is 0.874. The zero-order valence-corrected chi connectivity index (χ0v) is 12.6. The van der Waals surface area contributed by atoms with Gasteiger partial charge in [-0.05, 0) is 36.7 Å². The Hall–Kier alpha value is -0.320. The average molecular weight is 303 g/mol. The molecule has 1 aromatic heterocycles. The number of thiophene rings is 1. The molecule has 2 aromatic rings. The average Bonchev–Trinajstić information content (AvgIpc) is 2.56. The van der Waals surface area contributed by atoms with Crippen molar-refractivity contribution in [3.05, 3.63) is 33.2 Å². The summed E-state index contributed by atoms with van der Waals surface area (Å²) in [4.78, 5) is 3.65. The lowest BCUT2D eigenvalue weighted by molar-refractivity contribution is 0.336. The highest BCUT2D eigenvalue weighted by atomic mass is 35.5. The summed E-state index contributed by atoms with van der Waals surface area (Å²) in [6.07, 6.45) is 1.03. The summed E-state index contributed by atoms with van der Waals surface area (Å²) < 4.78 is 1.33. The number of likely N-dealkylation sites (N-methyl/N-ethyl adjacent to an activating group) is 1. The van der Waals surface area contributed by atoms with Crippen molar-refractivity contribution in [1.29, 1.82) is 0 Å². The van der Waals surface area contributed by atoms with Gasteiger partial charge in [0.05, 0.1) is 0 Å². The van der Waals surface area contributed by atoms with E-state index in [1.54, 1.807) is 0 Å². The number of nitrogens with zero attached hydrogens (tertiary/aromatic N) is 1. The normalized spacial score (nSPS) is 15.5. The van der Waals surface area contributed by atoms with Crippen LogP contribution in [0.1, 0.15) is 16.0 Å². The summed E-state index contributed by atoms with van der Waals surface area (Å²) in [6.45, 7) is 2.67. The minimum absolute atomic E-state index is 0. The molecule has 2 nitrogen and oxygen atoms in total. The van der Waals surface area contributed by atoms with E-state index in [0.717, 1.165) is 24.5 Å². The van der Waals surface area contributed by atoms with Gasteiger partial charge in [-0.2, -0.15) is 0 Å². The van der Waals surface area contributed by atoms with Crippen molar-refractivity contribution in [2.45, 2.75) is 19.5 Å². The van der Waals surface area contributed by atoms with Gasteiger partial charge in [0.15, 0.2) is 0 Å². The molecular weight excluding hydrogens is 287 g/mol. The fourth-order valence-electron chi connectivity index (χ4n) is 2.58. The van der Waals surface area contributed by atoms with Gasteiger partial charge in [-0.1, -0.05) is 11.6 Å². The molecule has 5 heteroatoms. The summed E-state index contributed by atoms with van der Waals surface area (Å²) in [5, 5.41) is 2.27. The van der Waals surface area contributed by atoms with E-state index in [1.165, 1.54) is 26.1 Å². The molecular formula is C13H16Cl2N2S. The topological polar surface area (TPSA) is 29.3 Å². The van der Waals surface area contributed by atoms with Crippen LogP contribution in [0.25, 0.3) is 10.1 Å². The Bertz CT molecular complexity index is 580. The molecule has 2 N–H and O–H groups in total. The van der Waals surface area contributed by atoms with E-state index in [2.05, 4.69) is 18.0 Å². The highest BCUT2D eigenvalue weighted by Gasteiger charge is 2.20. The first-order chi connectivity index (χ1) is 8.20. The molecule has 98 valence electrons. The third-order valence-electron chi connectivity index (χ3n) is 3.45. The number of hydrogen-bond donors (Lipinski definition) is 1. The van der Waals surface area contributed by atoms with E-state index in [4.69, 9.17) is 17.3 Å². The molecule has 0 radical (unpaired) electrons. The van der Waals surface area contributed by atoms with Gasteiger partial charge in [-0.25, -0.2) is 0 Å². The molecule has 0 saturated heterocycles. The molecule has 0 aliphatic carbocycles. The van der Waals surface area contributed by atoms with Gasteiger partial charge in [-0.15, -0.1) is 23.7 Å². The van der Waals surface area contributed by atoms with Crippen LogP contribution in [0.3, 0.4) is 0 Å². The van der Waals surface area contributed by atoms with Gasteiger partial charge in [0.1, 0.15) is 0 Å². The van der Waals surface area contributed by atoms with E-state index in [9.17, 15) is 0 Å². The maximum absolute atomic E-state index is 6.34. The van der Waals surface area contributed by atoms with Gasteiger partial charge >= 0.3 is 0 Å². The lowest BCUT2D eigenvalue weighted by Gasteiger charge is -2.13. The molecule has 1 aliphatic heterocycles. The summed E-state index contributed by atoms with van der Waals surface area (Å²) in [7, 11) is 2.16. The first kappa shape index (κ1) is 14.1. The van der Waals surface area contributed by atoms with E-state index < -0.39 is 0 Å². The molecule has 1 aromatic carbocycles. The molecule has 0 bridgehead atoms. The summed E-state index contributed by atoms with van der Waals surface area (Å²) in [5.74, 6) is 0. The second-order valence-electron chi connectivity index (χ2n) is 4.59. The number of benzene rings is 1. The van der Waals surface area contributed by atoms with Crippen LogP contribution in [-0.4, -0.2) is 18.5 Å². The lowest BCUT2D eigenvalue weighted by Crippen LogP contribution is -2.19. The van der Waals surface area contributed by atoms with Crippen molar-refractivity contribution < 1.29 is 0 Å². The third-order valence-corrected chi connectivity index (χ3v) is 5.02. The maximum atomic E-state index is 6.34. The van der Waals surface area contributed by atoms with E-state index >= 15 is 0 Å². The lowest BCUT2D eigenvalue weighted by atomic mass is 10.0. The second-order valence-corrected chi connectivity index (χ2v) is 6.14. The van der Waals surface area contributed by atoms with Gasteiger partial charge in [-0.3, -0.25) is 0 Å². The minimum Gasteiger partial charge on any atom is -0.326 e. The minimum atomic E-state index is 0. The first-order valence-corrected chi connectivity index (χ1v) is 7.00. The highest BCUT2D eigenvalue weighted by molar-refractivity contribution is 7.19. The van der Waals surface area contributed by atoms with Crippen LogP contribution < -0.4 is 5.73 Å². The molecule has 3 rings (SSSR count). The van der Waals surface area contributed by atoms with Gasteiger partial charge in [0.25, 0.3) is 0 Å². The van der Waals surface area contributed by atoms with Gasteiger partial charge < -0.3 is 10.6 Å². The molecule has 1 aliphatic rings. The van der Waals surface area contributed by atoms with E-state index in [-0.39, 0.29) is 12.4 Å². The predicted octanol–water partition coefficient (Wildman–Crippen LogP) is 3.42. The van der Waals surface area contributed by atoms with Crippen molar-refractivity contribution in [3.8, 4) is 0 Å². The molecule has 0 amide bonds. The van der Waals surface area contributed by atoms with Crippen molar-refractivity contribution in [3.63, 3.8) is 0 Å². The van der Waals surface area contributed by atoms with Gasteiger partial charge in [0.2, 0.25) is 0 Å². The highest BCUT2D eigenvalue weighted by Crippen LogP contribution is 2.39. The largest absolute Gasteiger partial charge is 0.326 e. The molecule has 0 unspecified atom stereocenters. The SMILES string of the molecule is CN1CCc2c(Cl)ccc3sc(CN)c(c23)C1.Cl. The first-order valence-electron chi connectivity index (χ1n) is 5.81. The number of rotatable bonds is 1. The molecule has 0 fully saturated rings. The van der Waals surface area contributed by atoms with Crippen LogP contribution in [0, 0.1) is 0 Å². The van der Waals surface area contributed by atoms with Crippen LogP contribution in [0.2, 0.25) is 5.02 Å². The summed E-state index contributed by atoms with van der Waals surface area (Å²) in [5.41, 5.74) is 8.56. The zero-order chi connectivity index (χ0) is 12.0. The second kappa shape index (κ2) is 5.35. The molecule has 0 saturated carbocycles. The number of hydrogen-bond acceptors (Lipinski definition) is 3. The summed E-state index contributed by atoms with van der Waals surface area (Å²) in [6, 6.07) is 4.14. The van der Waals surface area contributed by atoms with Crippen LogP contribution in [0.15, 0.2) is 12.1 Å². The fraction of sp³-hybridized carbons (Fsp3) is 0.385. The van der Waals surface area contributed by atoms with Gasteiger partial charge in [0, 0.05) is 39.6 Å². The monoisotopic (exact) mass is 302 g/mol. The van der Waals surface area contributed by atoms with Crippen molar-refractivity contribution in [2.24, 2.45) is 5.73 Å². The van der Waals surface area contributed by atoms with E-state index in [1.807, 2.05) is 17.4 Å². The van der Waals surface area contributed by atoms with Crippen LogP contribution in [0.4, 0.5) is 0 Å². The Morgan fingerprint density at radius 2 is 2.17 bits per heavy atom. The van der Waals surface area contributed by atoms with Crippen molar-refractivity contribution >= 4 is 45.4 Å². The Balaban J connectivity index is 0.00000120. The van der Waals surface area contributed by atoms with Crippen molar-refractivity contribution in [1.82, 2.24) is 4.90 Å². The Morgan fingerprint density at radius 3 is 2.89 bits per heavy atom. The number of halogens is 2. The Morgan fingerprint density at radius 1 is 1.39 bits per heavy atom. The standard InChI is InChI=1S/C13H15ClN2S.ClH/c1-16-5-4-8-10(14)2-3-11-13(8)9(7-16)12(6-15)17-11;/h2-3H,4-7,15H2,1H3;1H. The molecule has 0 atom stereocenters. The Kier molecular flexibility index (Phi) is 4.19. The van der Waals surface area contributed by atoms with E-state index in [0.29, 0.717) is 6.54 Å². The molecule has 0 spiro atoms. The molecule has 18 heavy (non-hydrogen) atoms.